The summed E-state index contributed by atoms with van der Waals surface area (Å²) in [5, 5.41) is 3.33. The Morgan fingerprint density at radius 3 is 2.71 bits per heavy atom. The minimum Gasteiger partial charge on any atom is -0.497 e. The summed E-state index contributed by atoms with van der Waals surface area (Å²) in [7, 11) is 1.65. The van der Waals surface area contributed by atoms with Gasteiger partial charge in [0.25, 0.3) is 0 Å². The predicted molar refractivity (Wildman–Crippen MR) is 90.6 cm³/mol. The lowest BCUT2D eigenvalue weighted by Crippen LogP contribution is -2.00. The van der Waals surface area contributed by atoms with Crippen molar-refractivity contribution in [3.05, 3.63) is 40.9 Å². The molecule has 4 nitrogen and oxygen atoms in total. The van der Waals surface area contributed by atoms with Gasteiger partial charge in [0.15, 0.2) is 0 Å². The van der Waals surface area contributed by atoms with Crippen molar-refractivity contribution in [2.75, 3.05) is 24.8 Å². The van der Waals surface area contributed by atoms with Gasteiger partial charge in [-0.25, -0.2) is 0 Å². The number of ether oxygens (including phenoxy) is 2. The summed E-state index contributed by atoms with van der Waals surface area (Å²) in [5.74, 6) is 1.49. The number of anilines is 3. The van der Waals surface area contributed by atoms with Gasteiger partial charge >= 0.3 is 0 Å². The SMILES string of the molecule is CCCOc1cc(Nc2cc(OC)ccc2Br)ccc1N. The summed E-state index contributed by atoms with van der Waals surface area (Å²) in [6, 6.07) is 11.4. The van der Waals surface area contributed by atoms with Crippen molar-refractivity contribution >= 4 is 33.0 Å². The summed E-state index contributed by atoms with van der Waals surface area (Å²) in [6.07, 6.45) is 0.943. The maximum absolute atomic E-state index is 5.92. The van der Waals surface area contributed by atoms with Crippen LogP contribution in [0.25, 0.3) is 0 Å². The molecule has 0 amide bonds. The number of nitrogens with one attached hydrogen (secondary N) is 1. The fraction of sp³-hybridized carbons (Fsp3) is 0.250. The Morgan fingerprint density at radius 1 is 1.19 bits per heavy atom. The zero-order chi connectivity index (χ0) is 15.2. The Hall–Kier alpha value is -1.88. The molecule has 0 aromatic heterocycles. The number of hydrogen-bond acceptors (Lipinski definition) is 4. The minimum atomic E-state index is 0.638. The number of rotatable bonds is 6. The molecule has 0 aliphatic heterocycles. The highest BCUT2D eigenvalue weighted by Gasteiger charge is 2.06. The lowest BCUT2D eigenvalue weighted by Gasteiger charge is -2.13. The van der Waals surface area contributed by atoms with E-state index in [0.717, 1.165) is 28.0 Å². The van der Waals surface area contributed by atoms with E-state index in [1.807, 2.05) is 36.4 Å². The van der Waals surface area contributed by atoms with Crippen LogP contribution in [0.3, 0.4) is 0 Å². The van der Waals surface area contributed by atoms with Crippen LogP contribution in [0.4, 0.5) is 17.1 Å². The van der Waals surface area contributed by atoms with E-state index in [9.17, 15) is 0 Å². The molecule has 0 aliphatic rings. The summed E-state index contributed by atoms with van der Waals surface area (Å²) in [4.78, 5) is 0. The van der Waals surface area contributed by atoms with Gasteiger partial charge < -0.3 is 20.5 Å². The fourth-order valence-electron chi connectivity index (χ4n) is 1.83. The molecule has 112 valence electrons. The van der Waals surface area contributed by atoms with E-state index in [4.69, 9.17) is 15.2 Å². The largest absolute Gasteiger partial charge is 0.497 e. The Balaban J connectivity index is 2.23. The van der Waals surface area contributed by atoms with Gasteiger partial charge in [-0.05, 0) is 46.6 Å². The standard InChI is InChI=1S/C16H19BrN2O2/c1-3-8-21-16-9-11(4-7-14(16)18)19-15-10-12(20-2)5-6-13(15)17/h4-7,9-10,19H,3,8,18H2,1-2H3. The molecule has 0 atom stereocenters. The van der Waals surface area contributed by atoms with Crippen molar-refractivity contribution in [1.29, 1.82) is 0 Å². The second-order valence-corrected chi connectivity index (χ2v) is 5.43. The molecule has 0 aliphatic carbocycles. The smallest absolute Gasteiger partial charge is 0.144 e. The molecule has 2 aromatic rings. The van der Waals surface area contributed by atoms with Crippen molar-refractivity contribution in [2.45, 2.75) is 13.3 Å². The van der Waals surface area contributed by atoms with Gasteiger partial charge in [-0.15, -0.1) is 0 Å². The van der Waals surface area contributed by atoms with Crippen LogP contribution in [0.15, 0.2) is 40.9 Å². The second kappa shape index (κ2) is 7.22. The first-order valence-electron chi connectivity index (χ1n) is 6.77. The zero-order valence-electron chi connectivity index (χ0n) is 12.2. The van der Waals surface area contributed by atoms with E-state index < -0.39 is 0 Å². The van der Waals surface area contributed by atoms with Crippen LogP contribution in [-0.4, -0.2) is 13.7 Å². The third-order valence-corrected chi connectivity index (χ3v) is 3.62. The summed E-state index contributed by atoms with van der Waals surface area (Å²) >= 11 is 3.52. The van der Waals surface area contributed by atoms with E-state index in [1.54, 1.807) is 7.11 Å². The Kier molecular flexibility index (Phi) is 5.33. The average Bonchev–Trinajstić information content (AvgIpc) is 2.50. The predicted octanol–water partition coefficient (Wildman–Crippen LogP) is 4.57. The molecule has 0 spiro atoms. The monoisotopic (exact) mass is 350 g/mol. The topological polar surface area (TPSA) is 56.5 Å². The first-order chi connectivity index (χ1) is 10.1. The minimum absolute atomic E-state index is 0.638. The number of benzene rings is 2. The third kappa shape index (κ3) is 4.04. The molecule has 0 unspecified atom stereocenters. The number of hydrogen-bond donors (Lipinski definition) is 2. The van der Waals surface area contributed by atoms with Crippen LogP contribution in [0.2, 0.25) is 0 Å². The number of nitrogen functional groups attached to an aromatic ring is 1. The number of nitrogens with two attached hydrogens (primary N) is 1. The highest BCUT2D eigenvalue weighted by Crippen LogP contribution is 2.32. The molecule has 0 heterocycles. The Labute approximate surface area is 133 Å². The van der Waals surface area contributed by atoms with Crippen LogP contribution >= 0.6 is 15.9 Å². The van der Waals surface area contributed by atoms with E-state index >= 15 is 0 Å². The van der Waals surface area contributed by atoms with Gasteiger partial charge in [0.2, 0.25) is 0 Å². The van der Waals surface area contributed by atoms with Crippen LogP contribution < -0.4 is 20.5 Å². The molecule has 0 fully saturated rings. The Bertz CT molecular complexity index is 617. The maximum atomic E-state index is 5.92. The van der Waals surface area contributed by atoms with Crippen molar-refractivity contribution in [3.63, 3.8) is 0 Å². The maximum Gasteiger partial charge on any atom is 0.144 e. The first-order valence-corrected chi connectivity index (χ1v) is 7.56. The molecule has 0 saturated carbocycles. The highest BCUT2D eigenvalue weighted by atomic mass is 79.9. The molecule has 5 heteroatoms. The molecule has 21 heavy (non-hydrogen) atoms. The molecular formula is C16H19BrN2O2. The van der Waals surface area contributed by atoms with Crippen LogP contribution in [0.1, 0.15) is 13.3 Å². The molecule has 2 aromatic carbocycles. The molecule has 0 saturated heterocycles. The molecule has 2 rings (SSSR count). The Morgan fingerprint density at radius 2 is 2.00 bits per heavy atom. The van der Waals surface area contributed by atoms with Gasteiger partial charge in [0, 0.05) is 22.3 Å². The molecule has 0 radical (unpaired) electrons. The lowest BCUT2D eigenvalue weighted by molar-refractivity contribution is 0.319. The second-order valence-electron chi connectivity index (χ2n) is 4.57. The fourth-order valence-corrected chi connectivity index (χ4v) is 2.18. The van der Waals surface area contributed by atoms with E-state index in [2.05, 4.69) is 28.2 Å². The quantitative estimate of drug-likeness (QED) is 0.749. The van der Waals surface area contributed by atoms with Crippen LogP contribution in [0, 0.1) is 0 Å². The van der Waals surface area contributed by atoms with Crippen molar-refractivity contribution in [2.24, 2.45) is 0 Å². The molecule has 0 bridgehead atoms. The number of methoxy groups -OCH3 is 1. The van der Waals surface area contributed by atoms with E-state index in [-0.39, 0.29) is 0 Å². The summed E-state index contributed by atoms with van der Waals surface area (Å²) in [6.45, 7) is 2.71. The van der Waals surface area contributed by atoms with Crippen LogP contribution in [0.5, 0.6) is 11.5 Å². The lowest BCUT2D eigenvalue weighted by atomic mass is 10.2. The molecular weight excluding hydrogens is 332 g/mol. The van der Waals surface area contributed by atoms with Crippen LogP contribution in [-0.2, 0) is 0 Å². The summed E-state index contributed by atoms with van der Waals surface area (Å²) in [5.41, 5.74) is 8.38. The van der Waals surface area contributed by atoms with Crippen molar-refractivity contribution in [3.8, 4) is 11.5 Å². The number of halogens is 1. The van der Waals surface area contributed by atoms with Gasteiger partial charge in [-0.3, -0.25) is 0 Å². The highest BCUT2D eigenvalue weighted by molar-refractivity contribution is 9.10. The van der Waals surface area contributed by atoms with E-state index in [0.29, 0.717) is 18.0 Å². The van der Waals surface area contributed by atoms with Crippen molar-refractivity contribution < 1.29 is 9.47 Å². The van der Waals surface area contributed by atoms with Crippen molar-refractivity contribution in [1.82, 2.24) is 0 Å². The zero-order valence-corrected chi connectivity index (χ0v) is 13.7. The van der Waals surface area contributed by atoms with Gasteiger partial charge in [-0.1, -0.05) is 6.92 Å². The van der Waals surface area contributed by atoms with Gasteiger partial charge in [-0.2, -0.15) is 0 Å². The first kappa shape index (κ1) is 15.5. The third-order valence-electron chi connectivity index (χ3n) is 2.93. The van der Waals surface area contributed by atoms with Gasteiger partial charge in [0.1, 0.15) is 11.5 Å². The van der Waals surface area contributed by atoms with E-state index in [1.165, 1.54) is 0 Å². The molecule has 3 N–H and O–H groups in total. The average molecular weight is 351 g/mol. The van der Waals surface area contributed by atoms with Gasteiger partial charge in [0.05, 0.1) is 25.1 Å². The normalized spacial score (nSPS) is 10.2. The summed E-state index contributed by atoms with van der Waals surface area (Å²) < 4.78 is 11.8.